The average molecular weight is 309 g/mol. The van der Waals surface area contributed by atoms with Crippen molar-refractivity contribution in [2.75, 3.05) is 26.2 Å². The standard InChI is InChI=1S/C14H19F3N2.ClH/c1-10-3-4-11(2)12(9-10)13(14(15,16)17)19-7-5-18-6-8-19;/h3-4,9,13,18H,5-8H2,1-2H3;1H/t13-;/m0./s1. The zero-order valence-electron chi connectivity index (χ0n) is 11.6. The van der Waals surface area contributed by atoms with Crippen molar-refractivity contribution in [3.8, 4) is 0 Å². The van der Waals surface area contributed by atoms with Crippen molar-refractivity contribution in [2.24, 2.45) is 0 Å². The van der Waals surface area contributed by atoms with E-state index in [0.717, 1.165) is 5.56 Å². The number of hydrogen-bond donors (Lipinski definition) is 1. The number of alkyl halides is 3. The lowest BCUT2D eigenvalue weighted by atomic mass is 9.97. The molecule has 0 aliphatic carbocycles. The second kappa shape index (κ2) is 6.78. The fraction of sp³-hybridized carbons (Fsp3) is 0.571. The van der Waals surface area contributed by atoms with Crippen molar-refractivity contribution in [3.05, 3.63) is 34.9 Å². The summed E-state index contributed by atoms with van der Waals surface area (Å²) in [7, 11) is 0. The number of nitrogens with zero attached hydrogens (tertiary/aromatic N) is 1. The third-order valence-corrected chi connectivity index (χ3v) is 3.56. The normalized spacial score (nSPS) is 18.4. The van der Waals surface area contributed by atoms with Crippen molar-refractivity contribution in [1.82, 2.24) is 10.2 Å². The number of halogens is 4. The van der Waals surface area contributed by atoms with Gasteiger partial charge < -0.3 is 5.32 Å². The summed E-state index contributed by atoms with van der Waals surface area (Å²) >= 11 is 0. The molecule has 1 atom stereocenters. The lowest BCUT2D eigenvalue weighted by molar-refractivity contribution is -0.188. The molecule has 2 rings (SSSR count). The highest BCUT2D eigenvalue weighted by atomic mass is 35.5. The molecule has 0 bridgehead atoms. The Morgan fingerprint density at radius 3 is 2.30 bits per heavy atom. The molecular formula is C14H20ClF3N2. The second-order valence-electron chi connectivity index (χ2n) is 5.09. The van der Waals surface area contributed by atoms with E-state index in [2.05, 4.69) is 5.32 Å². The topological polar surface area (TPSA) is 15.3 Å². The van der Waals surface area contributed by atoms with Gasteiger partial charge in [-0.1, -0.05) is 23.8 Å². The van der Waals surface area contributed by atoms with Gasteiger partial charge in [0.05, 0.1) is 0 Å². The highest BCUT2D eigenvalue weighted by Crippen LogP contribution is 2.39. The van der Waals surface area contributed by atoms with Crippen molar-refractivity contribution in [2.45, 2.75) is 26.1 Å². The van der Waals surface area contributed by atoms with Gasteiger partial charge in [-0.05, 0) is 25.0 Å². The molecule has 2 nitrogen and oxygen atoms in total. The smallest absolute Gasteiger partial charge is 0.314 e. The molecule has 0 unspecified atom stereocenters. The maximum absolute atomic E-state index is 13.4. The van der Waals surface area contributed by atoms with Crippen LogP contribution >= 0.6 is 12.4 Å². The Bertz CT molecular complexity index is 443. The molecule has 0 saturated carbocycles. The average Bonchev–Trinajstić information content (AvgIpc) is 2.33. The van der Waals surface area contributed by atoms with Crippen molar-refractivity contribution >= 4 is 12.4 Å². The van der Waals surface area contributed by atoms with Gasteiger partial charge in [0.25, 0.3) is 0 Å². The molecule has 1 aliphatic heterocycles. The highest BCUT2D eigenvalue weighted by Gasteiger charge is 2.45. The minimum Gasteiger partial charge on any atom is -0.314 e. The van der Waals surface area contributed by atoms with Crippen molar-refractivity contribution in [3.63, 3.8) is 0 Å². The number of rotatable bonds is 2. The summed E-state index contributed by atoms with van der Waals surface area (Å²) in [5.74, 6) is 0. The van der Waals surface area contributed by atoms with Crippen LogP contribution in [0.2, 0.25) is 0 Å². The summed E-state index contributed by atoms with van der Waals surface area (Å²) in [6, 6.07) is 3.79. The molecule has 1 aromatic carbocycles. The van der Waals surface area contributed by atoms with Crippen LogP contribution in [-0.4, -0.2) is 37.3 Å². The van der Waals surface area contributed by atoms with E-state index in [0.29, 0.717) is 37.3 Å². The number of piperazine rings is 1. The molecule has 20 heavy (non-hydrogen) atoms. The predicted molar refractivity (Wildman–Crippen MR) is 76.4 cm³/mol. The van der Waals surface area contributed by atoms with E-state index in [9.17, 15) is 13.2 Å². The van der Waals surface area contributed by atoms with E-state index in [4.69, 9.17) is 0 Å². The fourth-order valence-corrected chi connectivity index (χ4v) is 2.57. The molecule has 1 aromatic rings. The molecule has 1 N–H and O–H groups in total. The van der Waals surface area contributed by atoms with Crippen molar-refractivity contribution in [1.29, 1.82) is 0 Å². The third-order valence-electron chi connectivity index (χ3n) is 3.56. The van der Waals surface area contributed by atoms with Crippen LogP contribution in [0.25, 0.3) is 0 Å². The van der Waals surface area contributed by atoms with E-state index < -0.39 is 12.2 Å². The van der Waals surface area contributed by atoms with Gasteiger partial charge in [0, 0.05) is 26.2 Å². The molecule has 0 spiro atoms. The van der Waals surface area contributed by atoms with Gasteiger partial charge in [-0.15, -0.1) is 12.4 Å². The predicted octanol–water partition coefficient (Wildman–Crippen LogP) is 3.23. The summed E-state index contributed by atoms with van der Waals surface area (Å²) in [6.45, 7) is 5.65. The maximum Gasteiger partial charge on any atom is 0.408 e. The van der Waals surface area contributed by atoms with E-state index in [1.54, 1.807) is 19.1 Å². The van der Waals surface area contributed by atoms with Crippen LogP contribution in [0.4, 0.5) is 13.2 Å². The summed E-state index contributed by atoms with van der Waals surface area (Å²) in [5.41, 5.74) is 1.95. The minimum absolute atomic E-state index is 0. The first-order valence-electron chi connectivity index (χ1n) is 6.48. The zero-order chi connectivity index (χ0) is 14.0. The second-order valence-corrected chi connectivity index (χ2v) is 5.09. The molecule has 114 valence electrons. The quantitative estimate of drug-likeness (QED) is 0.902. The number of benzene rings is 1. The van der Waals surface area contributed by atoms with E-state index >= 15 is 0 Å². The van der Waals surface area contributed by atoms with Crippen LogP contribution in [0.5, 0.6) is 0 Å². The summed E-state index contributed by atoms with van der Waals surface area (Å²) in [6.07, 6.45) is -4.24. The molecule has 1 aliphatic rings. The molecule has 1 saturated heterocycles. The summed E-state index contributed by atoms with van der Waals surface area (Å²) in [4.78, 5) is 1.53. The van der Waals surface area contributed by atoms with E-state index in [1.165, 1.54) is 4.90 Å². The first kappa shape index (κ1) is 17.3. The van der Waals surface area contributed by atoms with Crippen LogP contribution in [0.15, 0.2) is 18.2 Å². The fourth-order valence-electron chi connectivity index (χ4n) is 2.57. The van der Waals surface area contributed by atoms with Gasteiger partial charge in [0.1, 0.15) is 6.04 Å². The molecule has 1 fully saturated rings. The van der Waals surface area contributed by atoms with Crippen LogP contribution in [0, 0.1) is 13.8 Å². The Morgan fingerprint density at radius 1 is 1.15 bits per heavy atom. The molecule has 1 heterocycles. The Kier molecular flexibility index (Phi) is 5.86. The van der Waals surface area contributed by atoms with Gasteiger partial charge in [0.15, 0.2) is 0 Å². The summed E-state index contributed by atoms with van der Waals surface area (Å²) < 4.78 is 40.3. The van der Waals surface area contributed by atoms with E-state index in [1.807, 2.05) is 13.0 Å². The van der Waals surface area contributed by atoms with E-state index in [-0.39, 0.29) is 12.4 Å². The molecule has 0 amide bonds. The Balaban J connectivity index is 0.00000200. The maximum atomic E-state index is 13.4. The number of hydrogen-bond acceptors (Lipinski definition) is 2. The first-order valence-corrected chi connectivity index (χ1v) is 6.48. The van der Waals surface area contributed by atoms with Crippen LogP contribution in [0.1, 0.15) is 22.7 Å². The Morgan fingerprint density at radius 2 is 1.75 bits per heavy atom. The van der Waals surface area contributed by atoms with Gasteiger partial charge in [0.2, 0.25) is 0 Å². The Labute approximate surface area is 123 Å². The number of aryl methyl sites for hydroxylation is 2. The van der Waals surface area contributed by atoms with Gasteiger partial charge in [-0.3, -0.25) is 4.90 Å². The largest absolute Gasteiger partial charge is 0.408 e. The molecular weight excluding hydrogens is 289 g/mol. The van der Waals surface area contributed by atoms with Gasteiger partial charge in [-0.25, -0.2) is 0 Å². The molecule has 6 heteroatoms. The number of nitrogens with one attached hydrogen (secondary N) is 1. The molecule has 0 radical (unpaired) electrons. The third kappa shape index (κ3) is 3.87. The lowest BCUT2D eigenvalue weighted by Gasteiger charge is -2.37. The Hall–Kier alpha value is -0.780. The van der Waals surface area contributed by atoms with Crippen LogP contribution < -0.4 is 5.32 Å². The van der Waals surface area contributed by atoms with Gasteiger partial charge >= 0.3 is 6.18 Å². The van der Waals surface area contributed by atoms with Gasteiger partial charge in [-0.2, -0.15) is 13.2 Å². The minimum atomic E-state index is -4.24. The monoisotopic (exact) mass is 308 g/mol. The summed E-state index contributed by atoms with van der Waals surface area (Å²) in [5, 5.41) is 3.09. The first-order chi connectivity index (χ1) is 8.89. The molecule has 0 aromatic heterocycles. The van der Waals surface area contributed by atoms with Crippen LogP contribution in [0.3, 0.4) is 0 Å². The highest BCUT2D eigenvalue weighted by molar-refractivity contribution is 5.85. The van der Waals surface area contributed by atoms with Crippen LogP contribution in [-0.2, 0) is 0 Å². The zero-order valence-corrected chi connectivity index (χ0v) is 12.4. The van der Waals surface area contributed by atoms with Crippen molar-refractivity contribution < 1.29 is 13.2 Å². The lowest BCUT2D eigenvalue weighted by Crippen LogP contribution is -2.49. The SMILES string of the molecule is Cc1ccc(C)c([C@H](N2CCNCC2)C(F)(F)F)c1.Cl.